The first kappa shape index (κ1) is 19.6. The van der Waals surface area contributed by atoms with Gasteiger partial charge in [-0.3, -0.25) is 14.5 Å². The first-order chi connectivity index (χ1) is 14.8. The Balaban J connectivity index is 1.29. The van der Waals surface area contributed by atoms with E-state index in [1.807, 2.05) is 13.0 Å². The summed E-state index contributed by atoms with van der Waals surface area (Å²) in [6.07, 6.45) is 2.10. The molecule has 0 N–H and O–H groups in total. The van der Waals surface area contributed by atoms with Crippen LogP contribution in [-0.2, 0) is 19.5 Å². The van der Waals surface area contributed by atoms with Gasteiger partial charge in [0.05, 0.1) is 12.2 Å². The molecule has 160 valence electrons. The van der Waals surface area contributed by atoms with E-state index in [0.717, 1.165) is 23.9 Å². The largest absolute Gasteiger partial charge is 0.436 e. The Morgan fingerprint density at radius 2 is 2.00 bits per heavy atom. The van der Waals surface area contributed by atoms with Crippen molar-refractivity contribution in [2.45, 2.75) is 32.0 Å². The smallest absolute Gasteiger partial charge is 0.415 e. The van der Waals surface area contributed by atoms with Crippen LogP contribution in [0, 0.1) is 21.7 Å². The number of hydrogen-bond donors (Lipinski definition) is 0. The molecule has 1 atom stereocenters. The number of benzene rings is 1. The Morgan fingerprint density at radius 1 is 1.23 bits per heavy atom. The van der Waals surface area contributed by atoms with E-state index in [0.29, 0.717) is 37.3 Å². The standard InChI is InChI=1S/C21H19F2N5O3/c1-21(12-27-10-19(28(29)30)25-20(27)31-21)11-26-5-4-18-13(9-26)2-3-17(24-18)14-6-15(22)8-16(23)7-14/h2-3,6-8,10H,4-5,9,11-12H2,1H3. The third-order valence-corrected chi connectivity index (χ3v) is 5.60. The van der Waals surface area contributed by atoms with E-state index >= 15 is 0 Å². The predicted octanol–water partition coefficient (Wildman–Crippen LogP) is 3.34. The molecule has 5 rings (SSSR count). The number of fused-ring (bicyclic) bond motifs is 2. The van der Waals surface area contributed by atoms with E-state index in [-0.39, 0.29) is 11.8 Å². The fraction of sp³-hybridized carbons (Fsp3) is 0.333. The highest BCUT2D eigenvalue weighted by Crippen LogP contribution is 2.33. The second kappa shape index (κ2) is 7.09. The van der Waals surface area contributed by atoms with Crippen LogP contribution in [0.15, 0.2) is 36.5 Å². The molecule has 2 aliphatic rings. The lowest BCUT2D eigenvalue weighted by Gasteiger charge is -2.34. The topological polar surface area (TPSA) is 86.3 Å². The first-order valence-corrected chi connectivity index (χ1v) is 9.86. The zero-order valence-electron chi connectivity index (χ0n) is 16.7. The highest BCUT2D eigenvalue weighted by Gasteiger charge is 2.41. The number of nitrogens with zero attached hydrogens (tertiary/aromatic N) is 5. The number of rotatable bonds is 4. The van der Waals surface area contributed by atoms with Crippen LogP contribution < -0.4 is 4.74 Å². The number of imidazole rings is 1. The highest BCUT2D eigenvalue weighted by molar-refractivity contribution is 5.60. The van der Waals surface area contributed by atoms with Crippen LogP contribution >= 0.6 is 0 Å². The molecule has 0 radical (unpaired) electrons. The number of nitro groups is 1. The monoisotopic (exact) mass is 427 g/mol. The number of ether oxygens (including phenoxy) is 1. The highest BCUT2D eigenvalue weighted by atomic mass is 19.1. The average molecular weight is 427 g/mol. The van der Waals surface area contributed by atoms with Crippen LogP contribution in [0.3, 0.4) is 0 Å². The van der Waals surface area contributed by atoms with Gasteiger partial charge in [0.1, 0.15) is 23.4 Å². The van der Waals surface area contributed by atoms with Crippen LogP contribution in [0.5, 0.6) is 6.01 Å². The summed E-state index contributed by atoms with van der Waals surface area (Å²) < 4.78 is 34.7. The van der Waals surface area contributed by atoms with Gasteiger partial charge in [-0.2, -0.15) is 0 Å². The molecule has 31 heavy (non-hydrogen) atoms. The van der Waals surface area contributed by atoms with E-state index in [9.17, 15) is 18.9 Å². The average Bonchev–Trinajstić information content (AvgIpc) is 3.22. The van der Waals surface area contributed by atoms with Gasteiger partial charge in [0.25, 0.3) is 0 Å². The van der Waals surface area contributed by atoms with Crippen LogP contribution in [0.2, 0.25) is 0 Å². The molecule has 0 spiro atoms. The molecular weight excluding hydrogens is 408 g/mol. The number of hydrogen-bond acceptors (Lipinski definition) is 6. The van der Waals surface area contributed by atoms with Gasteiger partial charge in [-0.15, -0.1) is 0 Å². The first-order valence-electron chi connectivity index (χ1n) is 9.86. The molecule has 4 heterocycles. The predicted molar refractivity (Wildman–Crippen MR) is 106 cm³/mol. The molecule has 2 aromatic heterocycles. The molecule has 0 saturated carbocycles. The van der Waals surface area contributed by atoms with Crippen molar-refractivity contribution in [3.63, 3.8) is 0 Å². The Bertz CT molecular complexity index is 1150. The van der Waals surface area contributed by atoms with Gasteiger partial charge in [-0.05, 0) is 35.6 Å². The summed E-state index contributed by atoms with van der Waals surface area (Å²) in [5.74, 6) is -1.48. The maximum atomic E-state index is 13.5. The van der Waals surface area contributed by atoms with Crippen LogP contribution in [-0.4, -0.2) is 43.0 Å². The lowest BCUT2D eigenvalue weighted by molar-refractivity contribution is -0.389. The van der Waals surface area contributed by atoms with Crippen molar-refractivity contribution in [2.75, 3.05) is 13.1 Å². The number of aromatic nitrogens is 3. The summed E-state index contributed by atoms with van der Waals surface area (Å²) in [6, 6.07) is 7.38. The second-order valence-corrected chi connectivity index (χ2v) is 8.24. The maximum Gasteiger partial charge on any atom is 0.415 e. The quantitative estimate of drug-likeness (QED) is 0.469. The van der Waals surface area contributed by atoms with Crippen molar-refractivity contribution in [3.05, 3.63) is 69.5 Å². The Kier molecular flexibility index (Phi) is 4.47. The zero-order valence-corrected chi connectivity index (χ0v) is 16.7. The summed E-state index contributed by atoms with van der Waals surface area (Å²) in [6.45, 7) is 4.49. The summed E-state index contributed by atoms with van der Waals surface area (Å²) in [5.41, 5.74) is 2.39. The van der Waals surface area contributed by atoms with Crippen molar-refractivity contribution in [1.82, 2.24) is 19.4 Å². The summed E-state index contributed by atoms with van der Waals surface area (Å²) >= 11 is 0. The molecule has 0 aliphatic carbocycles. The minimum Gasteiger partial charge on any atom is -0.436 e. The Hall–Kier alpha value is -3.40. The van der Waals surface area contributed by atoms with Crippen molar-refractivity contribution in [3.8, 4) is 17.3 Å². The molecular formula is C21H19F2N5O3. The Labute approximate surface area is 176 Å². The van der Waals surface area contributed by atoms with Gasteiger partial charge < -0.3 is 14.9 Å². The maximum absolute atomic E-state index is 13.5. The van der Waals surface area contributed by atoms with Gasteiger partial charge in [0.15, 0.2) is 0 Å². The summed E-state index contributed by atoms with van der Waals surface area (Å²) in [7, 11) is 0. The van der Waals surface area contributed by atoms with Gasteiger partial charge in [0, 0.05) is 48.4 Å². The van der Waals surface area contributed by atoms with Gasteiger partial charge in [-0.25, -0.2) is 8.78 Å². The minimum absolute atomic E-state index is 0.219. The van der Waals surface area contributed by atoms with Gasteiger partial charge in [-0.1, -0.05) is 6.07 Å². The lowest BCUT2D eigenvalue weighted by atomic mass is 10.0. The third kappa shape index (κ3) is 3.74. The molecule has 10 heteroatoms. The molecule has 0 bridgehead atoms. The van der Waals surface area contributed by atoms with Crippen molar-refractivity contribution in [2.24, 2.45) is 0 Å². The molecule has 0 amide bonds. The molecule has 0 saturated heterocycles. The normalized spacial score (nSPS) is 20.2. The van der Waals surface area contributed by atoms with E-state index in [1.165, 1.54) is 18.3 Å². The molecule has 8 nitrogen and oxygen atoms in total. The summed E-state index contributed by atoms with van der Waals surface area (Å²) in [5, 5.41) is 10.9. The van der Waals surface area contributed by atoms with Crippen molar-refractivity contribution >= 4 is 5.82 Å². The van der Waals surface area contributed by atoms with E-state index < -0.39 is 22.2 Å². The van der Waals surface area contributed by atoms with E-state index in [4.69, 9.17) is 4.74 Å². The summed E-state index contributed by atoms with van der Waals surface area (Å²) in [4.78, 5) is 21.1. The molecule has 2 aliphatic heterocycles. The van der Waals surface area contributed by atoms with Crippen molar-refractivity contribution < 1.29 is 18.4 Å². The molecule has 1 aromatic carbocycles. The lowest BCUT2D eigenvalue weighted by Crippen LogP contribution is -2.46. The number of halogens is 2. The van der Waals surface area contributed by atoms with E-state index in [1.54, 1.807) is 10.6 Å². The van der Waals surface area contributed by atoms with Gasteiger partial charge in [0.2, 0.25) is 0 Å². The molecule has 3 aromatic rings. The SMILES string of the molecule is CC1(CN2CCc3nc(-c4cc(F)cc(F)c4)ccc3C2)Cn2cc([N+](=O)[O-])nc2O1. The van der Waals surface area contributed by atoms with Crippen LogP contribution in [0.4, 0.5) is 14.6 Å². The van der Waals surface area contributed by atoms with Gasteiger partial charge >= 0.3 is 11.8 Å². The zero-order chi connectivity index (χ0) is 21.8. The molecule has 1 unspecified atom stereocenters. The van der Waals surface area contributed by atoms with E-state index in [2.05, 4.69) is 14.9 Å². The number of pyridine rings is 1. The van der Waals surface area contributed by atoms with Crippen LogP contribution in [0.25, 0.3) is 11.3 Å². The second-order valence-electron chi connectivity index (χ2n) is 8.24. The van der Waals surface area contributed by atoms with Crippen molar-refractivity contribution in [1.29, 1.82) is 0 Å². The van der Waals surface area contributed by atoms with Crippen LogP contribution in [0.1, 0.15) is 18.2 Å². The fourth-order valence-corrected chi connectivity index (χ4v) is 4.31. The third-order valence-electron chi connectivity index (χ3n) is 5.60. The molecule has 0 fully saturated rings. The minimum atomic E-state index is -0.629. The Morgan fingerprint density at radius 3 is 2.71 bits per heavy atom. The fourth-order valence-electron chi connectivity index (χ4n) is 4.31.